The Kier molecular flexibility index (Phi) is 5.42. The van der Waals surface area contributed by atoms with E-state index in [-0.39, 0.29) is 5.69 Å². The van der Waals surface area contributed by atoms with Crippen LogP contribution in [0.25, 0.3) is 105 Å². The summed E-state index contributed by atoms with van der Waals surface area (Å²) in [6, 6.07) is 35.7. The van der Waals surface area contributed by atoms with E-state index in [0.717, 1.165) is 49.3 Å². The van der Waals surface area contributed by atoms with Crippen LogP contribution in [0, 0.1) is 0 Å². The third-order valence-electron chi connectivity index (χ3n) is 11.4. The molecule has 0 spiro atoms. The van der Waals surface area contributed by atoms with Crippen LogP contribution in [-0.2, 0) is 0 Å². The quantitative estimate of drug-likeness (QED) is 0.163. The summed E-state index contributed by atoms with van der Waals surface area (Å²) in [7, 11) is 0. The zero-order chi connectivity index (χ0) is 48.8. The molecule has 0 aliphatic carbocycles. The molecule has 9 aromatic carbocycles. The normalized spacial score (nSPS) is 14.2. The number of aromatic nitrogens is 3. The molecule has 0 atom stereocenters. The molecule has 12 rings (SSSR count). The van der Waals surface area contributed by atoms with Crippen molar-refractivity contribution in [2.75, 3.05) is 0 Å². The summed E-state index contributed by atoms with van der Waals surface area (Å²) in [5, 5.41) is 41.2. The van der Waals surface area contributed by atoms with E-state index in [1.807, 2.05) is 72.8 Å². The molecule has 284 valence electrons. The Morgan fingerprint density at radius 2 is 0.750 bits per heavy atom. The Hall–Kier alpha value is -8.22. The van der Waals surface area contributed by atoms with E-state index in [1.54, 1.807) is 22.8 Å². The van der Waals surface area contributed by atoms with Crippen molar-refractivity contribution in [3.8, 4) is 56.6 Å². The molecule has 3 N–H and O–H groups in total. The maximum absolute atomic E-state index is 12.7. The fraction of sp³-hybridized carbons (Fsp3) is 0. The molecule has 0 amide bonds. The number of benzene rings is 9. The Labute approximate surface area is 357 Å². The van der Waals surface area contributed by atoms with E-state index in [0.29, 0.717) is 27.5 Å². The standard InChI is InChI=1S/C54H35N3O3/c58-50-29-11-5-15-34(50)33-31-40(37-18-6-12-30-51(37)59)54(60)49(32-33)57-44-24-10-4-20-39(44)53-47(27-14-28-48(53)57)56-43-23-9-3-19-38(43)52-45(25-13-26-46(52)56)55-41-21-7-1-16-35(41)36-17-2-8-22-42(36)55/h1-32,58-60H/i5D,6D,11D,12D,15D,18D,29D,30D,31D,32D. The average molecular weight is 784 g/mol. The highest BCUT2D eigenvalue weighted by Gasteiger charge is 2.25. The molecule has 0 unspecified atom stereocenters. The number of phenols is 3. The van der Waals surface area contributed by atoms with Crippen LogP contribution in [0.5, 0.6) is 17.2 Å². The zero-order valence-corrected chi connectivity index (χ0v) is 31.4. The molecule has 12 aromatic rings. The molecule has 0 fully saturated rings. The van der Waals surface area contributed by atoms with Gasteiger partial charge in [0.05, 0.1) is 63.9 Å². The van der Waals surface area contributed by atoms with Crippen molar-refractivity contribution < 1.29 is 29.0 Å². The van der Waals surface area contributed by atoms with Gasteiger partial charge in [-0.25, -0.2) is 0 Å². The third-order valence-corrected chi connectivity index (χ3v) is 11.4. The van der Waals surface area contributed by atoms with Crippen LogP contribution in [0.3, 0.4) is 0 Å². The summed E-state index contributed by atoms with van der Waals surface area (Å²) in [5.41, 5.74) is 3.41. The first kappa shape index (κ1) is 25.2. The smallest absolute Gasteiger partial charge is 0.147 e. The highest BCUT2D eigenvalue weighted by molar-refractivity contribution is 6.19. The number of phenolic OH excluding ortho intramolecular Hbond substituents is 3. The summed E-state index contributed by atoms with van der Waals surface area (Å²) in [4.78, 5) is 0. The number of para-hydroxylation sites is 6. The van der Waals surface area contributed by atoms with Gasteiger partial charge in [-0.3, -0.25) is 0 Å². The minimum Gasteiger partial charge on any atom is -0.507 e. The van der Waals surface area contributed by atoms with E-state index >= 15 is 0 Å². The number of hydrogen-bond donors (Lipinski definition) is 3. The van der Waals surface area contributed by atoms with Crippen molar-refractivity contribution in [1.29, 1.82) is 0 Å². The van der Waals surface area contributed by atoms with Gasteiger partial charge in [-0.1, -0.05) is 121 Å². The van der Waals surface area contributed by atoms with Crippen LogP contribution in [-0.4, -0.2) is 29.0 Å². The second-order valence-corrected chi connectivity index (χ2v) is 14.6. The Morgan fingerprint density at radius 3 is 1.30 bits per heavy atom. The second kappa shape index (κ2) is 12.9. The van der Waals surface area contributed by atoms with Crippen LogP contribution in [0.4, 0.5) is 0 Å². The summed E-state index contributed by atoms with van der Waals surface area (Å²) >= 11 is 0. The molecule has 6 heteroatoms. The van der Waals surface area contributed by atoms with E-state index in [4.69, 9.17) is 11.0 Å². The van der Waals surface area contributed by atoms with E-state index in [2.05, 4.69) is 51.6 Å². The van der Waals surface area contributed by atoms with Crippen LogP contribution >= 0.6 is 0 Å². The van der Waals surface area contributed by atoms with Gasteiger partial charge in [0.1, 0.15) is 17.2 Å². The first-order valence-corrected chi connectivity index (χ1v) is 19.2. The minimum absolute atomic E-state index is 0.362. The fourth-order valence-corrected chi connectivity index (χ4v) is 9.01. The molecule has 0 aliphatic heterocycles. The van der Waals surface area contributed by atoms with Gasteiger partial charge in [0, 0.05) is 49.0 Å². The zero-order valence-electron chi connectivity index (χ0n) is 41.4. The van der Waals surface area contributed by atoms with E-state index in [1.165, 1.54) is 0 Å². The van der Waals surface area contributed by atoms with Gasteiger partial charge in [-0.15, -0.1) is 0 Å². The molecule has 6 nitrogen and oxygen atoms in total. The molecule has 0 aliphatic rings. The lowest BCUT2D eigenvalue weighted by Crippen LogP contribution is -1.99. The molecular formula is C54H35N3O3. The van der Waals surface area contributed by atoms with Crippen LogP contribution < -0.4 is 0 Å². The molecule has 60 heavy (non-hydrogen) atoms. The lowest BCUT2D eigenvalue weighted by molar-refractivity contribution is 0.468. The van der Waals surface area contributed by atoms with Gasteiger partial charge in [-0.05, 0) is 78.3 Å². The highest BCUT2D eigenvalue weighted by atomic mass is 16.3. The SMILES string of the molecule is [2H]c1c([2H])c([2H])c(-c2c([2H])c(-c3c([2H])c([2H])c([2H])c([2H])c3O)c(O)c(-n3c4ccccc4c4c(-n5c6ccccc6c6c(-n7c8ccccc8c8ccccc87)cccc65)cccc43)c2[2H])c(O)c1[2H]. The molecule has 0 bridgehead atoms. The number of nitrogens with zero attached hydrogens (tertiary/aromatic N) is 3. The predicted molar refractivity (Wildman–Crippen MR) is 245 cm³/mol. The molecule has 0 saturated carbocycles. The van der Waals surface area contributed by atoms with Crippen LogP contribution in [0.1, 0.15) is 13.7 Å². The summed E-state index contributed by atoms with van der Waals surface area (Å²) in [6.07, 6.45) is 0. The summed E-state index contributed by atoms with van der Waals surface area (Å²) in [5.74, 6) is -2.86. The van der Waals surface area contributed by atoms with Gasteiger partial charge in [0.25, 0.3) is 0 Å². The van der Waals surface area contributed by atoms with Crippen molar-refractivity contribution in [1.82, 2.24) is 13.7 Å². The number of hydrogen-bond acceptors (Lipinski definition) is 3. The molecule has 3 aromatic heterocycles. The number of rotatable bonds is 5. The monoisotopic (exact) mass is 783 g/mol. The summed E-state index contributed by atoms with van der Waals surface area (Å²) in [6.45, 7) is 0. The Morgan fingerprint density at radius 1 is 0.350 bits per heavy atom. The van der Waals surface area contributed by atoms with Crippen molar-refractivity contribution >= 4 is 65.4 Å². The number of aromatic hydroxyl groups is 3. The van der Waals surface area contributed by atoms with Gasteiger partial charge in [-0.2, -0.15) is 0 Å². The first-order chi connectivity index (χ1) is 33.7. The van der Waals surface area contributed by atoms with Gasteiger partial charge >= 0.3 is 0 Å². The lowest BCUT2D eigenvalue weighted by Gasteiger charge is -2.18. The van der Waals surface area contributed by atoms with Gasteiger partial charge in [0.2, 0.25) is 0 Å². The van der Waals surface area contributed by atoms with Crippen molar-refractivity contribution in [3.63, 3.8) is 0 Å². The number of fused-ring (bicyclic) bond motifs is 9. The van der Waals surface area contributed by atoms with Crippen molar-refractivity contribution in [2.45, 2.75) is 0 Å². The third kappa shape index (κ3) is 4.76. The Balaban J connectivity index is 1.22. The maximum atomic E-state index is 12.7. The first-order valence-electron chi connectivity index (χ1n) is 24.2. The largest absolute Gasteiger partial charge is 0.507 e. The lowest BCUT2D eigenvalue weighted by atomic mass is 9.95. The predicted octanol–water partition coefficient (Wildman–Crippen LogP) is 13.4. The Bertz CT molecular complexity index is 4100. The van der Waals surface area contributed by atoms with Crippen LogP contribution in [0.15, 0.2) is 194 Å². The molecule has 0 radical (unpaired) electrons. The summed E-state index contributed by atoms with van der Waals surface area (Å²) < 4.78 is 93.9. The van der Waals surface area contributed by atoms with Gasteiger partial charge < -0.3 is 29.0 Å². The minimum atomic E-state index is -1.01. The van der Waals surface area contributed by atoms with Crippen LogP contribution in [0.2, 0.25) is 0 Å². The molecular weight excluding hydrogens is 739 g/mol. The highest BCUT2D eigenvalue weighted by Crippen LogP contribution is 2.47. The molecule has 3 heterocycles. The average Bonchev–Trinajstić information content (AvgIpc) is 4.02. The van der Waals surface area contributed by atoms with Crippen molar-refractivity contribution in [2.24, 2.45) is 0 Å². The second-order valence-electron chi connectivity index (χ2n) is 14.6. The maximum Gasteiger partial charge on any atom is 0.147 e. The topological polar surface area (TPSA) is 75.5 Å². The van der Waals surface area contributed by atoms with Gasteiger partial charge in [0.15, 0.2) is 0 Å². The van der Waals surface area contributed by atoms with Crippen molar-refractivity contribution in [3.05, 3.63) is 194 Å². The van der Waals surface area contributed by atoms with E-state index in [9.17, 15) is 18.1 Å². The van der Waals surface area contributed by atoms with E-state index < -0.39 is 99.9 Å². The fourth-order valence-electron chi connectivity index (χ4n) is 9.01. The molecule has 0 saturated heterocycles.